The van der Waals surface area contributed by atoms with Crippen LogP contribution in [0.25, 0.3) is 11.0 Å². The lowest BCUT2D eigenvalue weighted by molar-refractivity contribution is 0.167. The number of rotatable bonds is 4. The number of ether oxygens (including phenoxy) is 1. The second-order valence-corrected chi connectivity index (χ2v) is 6.75. The van der Waals surface area contributed by atoms with Crippen LogP contribution in [-0.4, -0.2) is 28.9 Å². The maximum absolute atomic E-state index is 13.5. The number of anilines is 3. The van der Waals surface area contributed by atoms with Gasteiger partial charge in [-0.15, -0.1) is 0 Å². The number of halogens is 3. The van der Waals surface area contributed by atoms with E-state index in [1.807, 2.05) is 22.6 Å². The highest BCUT2D eigenvalue weighted by Crippen LogP contribution is 2.43. The fourth-order valence-corrected chi connectivity index (χ4v) is 3.24. The number of nitrogens with one attached hydrogen (secondary N) is 1. The van der Waals surface area contributed by atoms with Crippen molar-refractivity contribution < 1.29 is 28.2 Å². The number of carbonyl (C=O) groups excluding carboxylic acids is 1. The molecule has 11 heteroatoms. The summed E-state index contributed by atoms with van der Waals surface area (Å²) < 4.78 is 24.5. The fraction of sp³-hybridized carbons (Fsp3) is 0.118. The maximum atomic E-state index is 13.5. The minimum Gasteiger partial charge on any atom is -0.464 e. The Kier molecular flexibility index (Phi) is 5.89. The van der Waals surface area contributed by atoms with E-state index in [-0.39, 0.29) is 34.5 Å². The van der Waals surface area contributed by atoms with Crippen molar-refractivity contribution in [3.05, 3.63) is 45.0 Å². The number of furan rings is 1. The molecule has 3 rings (SSSR count). The Morgan fingerprint density at radius 1 is 1.43 bits per heavy atom. The third-order valence-electron chi connectivity index (χ3n) is 3.60. The lowest BCUT2D eigenvalue weighted by Gasteiger charge is -2.20. The summed E-state index contributed by atoms with van der Waals surface area (Å²) in [7, 11) is 0. The number of carboxylic acid groups (broad SMARTS) is 1. The number of pyridine rings is 1. The standard InChI is InChI=1S/C17H12ClFIN3O5/c1-2-27-16(24)22-15-12(9-5-6-21-14(20)13(9)28-15)23(17(25)26)8-3-4-11(19)10(18)7-8/h3-7H,2H2,1H3,(H,22,24)(H,25,26). The molecule has 0 bridgehead atoms. The van der Waals surface area contributed by atoms with Crippen molar-refractivity contribution in [2.45, 2.75) is 6.92 Å². The molecule has 2 N–H and O–H groups in total. The average Bonchev–Trinajstić information content (AvgIpc) is 2.98. The van der Waals surface area contributed by atoms with E-state index in [2.05, 4.69) is 10.3 Å². The molecule has 8 nitrogen and oxygen atoms in total. The first kappa shape index (κ1) is 20.1. The summed E-state index contributed by atoms with van der Waals surface area (Å²) in [5.41, 5.74) is 0.336. The van der Waals surface area contributed by atoms with Gasteiger partial charge in [0.05, 0.1) is 22.7 Å². The van der Waals surface area contributed by atoms with Crippen LogP contribution in [0.3, 0.4) is 0 Å². The topological polar surface area (TPSA) is 105 Å². The Bertz CT molecular complexity index is 1070. The van der Waals surface area contributed by atoms with Gasteiger partial charge in [0.15, 0.2) is 5.58 Å². The van der Waals surface area contributed by atoms with Crippen LogP contribution < -0.4 is 10.2 Å². The zero-order valence-electron chi connectivity index (χ0n) is 14.2. The predicted molar refractivity (Wildman–Crippen MR) is 109 cm³/mol. The normalized spacial score (nSPS) is 10.7. The highest BCUT2D eigenvalue weighted by molar-refractivity contribution is 14.1. The number of hydrogen-bond donors (Lipinski definition) is 2. The second kappa shape index (κ2) is 8.19. The molecular weight excluding hydrogens is 508 g/mol. The third kappa shape index (κ3) is 3.83. The van der Waals surface area contributed by atoms with Crippen molar-refractivity contribution in [2.75, 3.05) is 16.8 Å². The van der Waals surface area contributed by atoms with Gasteiger partial charge in [0.25, 0.3) is 0 Å². The number of benzene rings is 1. The van der Waals surface area contributed by atoms with Crippen LogP contribution in [0.15, 0.2) is 34.9 Å². The average molecular weight is 520 g/mol. The van der Waals surface area contributed by atoms with Gasteiger partial charge in [-0.25, -0.2) is 23.9 Å². The highest BCUT2D eigenvalue weighted by Gasteiger charge is 2.29. The van der Waals surface area contributed by atoms with E-state index in [0.29, 0.717) is 9.09 Å². The van der Waals surface area contributed by atoms with Crippen LogP contribution in [0.4, 0.5) is 31.2 Å². The van der Waals surface area contributed by atoms with Gasteiger partial charge < -0.3 is 14.3 Å². The van der Waals surface area contributed by atoms with Crippen LogP contribution in [0, 0.1) is 9.52 Å². The van der Waals surface area contributed by atoms with Gasteiger partial charge in [0.1, 0.15) is 15.2 Å². The molecule has 2 aromatic heterocycles. The van der Waals surface area contributed by atoms with E-state index in [9.17, 15) is 19.1 Å². The number of fused-ring (bicyclic) bond motifs is 1. The van der Waals surface area contributed by atoms with Crippen LogP contribution in [-0.2, 0) is 4.74 Å². The van der Waals surface area contributed by atoms with Crippen LogP contribution in [0.1, 0.15) is 6.92 Å². The highest BCUT2D eigenvalue weighted by atomic mass is 127. The monoisotopic (exact) mass is 519 g/mol. The SMILES string of the molecule is CCOC(=O)Nc1oc2c(I)nccc2c1N(C(=O)O)c1ccc(F)c(Cl)c1. The Morgan fingerprint density at radius 2 is 2.18 bits per heavy atom. The number of amides is 2. The third-order valence-corrected chi connectivity index (χ3v) is 4.66. The number of hydrogen-bond acceptors (Lipinski definition) is 5. The lowest BCUT2D eigenvalue weighted by atomic mass is 10.2. The van der Waals surface area contributed by atoms with Gasteiger partial charge in [-0.1, -0.05) is 11.6 Å². The summed E-state index contributed by atoms with van der Waals surface area (Å²) in [6.45, 7) is 1.73. The molecule has 0 atom stereocenters. The summed E-state index contributed by atoms with van der Waals surface area (Å²) in [6.07, 6.45) is -0.757. The van der Waals surface area contributed by atoms with E-state index in [1.165, 1.54) is 18.3 Å². The smallest absolute Gasteiger partial charge is 0.416 e. The van der Waals surface area contributed by atoms with Crippen molar-refractivity contribution in [1.82, 2.24) is 4.98 Å². The van der Waals surface area contributed by atoms with Gasteiger partial charge >= 0.3 is 12.2 Å². The van der Waals surface area contributed by atoms with Gasteiger partial charge in [0, 0.05) is 6.20 Å². The predicted octanol–water partition coefficient (Wildman–Crippen LogP) is 5.61. The van der Waals surface area contributed by atoms with Crippen LogP contribution >= 0.6 is 34.2 Å². The molecule has 3 aromatic rings. The molecule has 0 fully saturated rings. The van der Waals surface area contributed by atoms with Crippen molar-refractivity contribution >= 4 is 74.6 Å². The van der Waals surface area contributed by atoms with E-state index < -0.39 is 18.0 Å². The van der Waals surface area contributed by atoms with Gasteiger partial charge in [-0.3, -0.25) is 5.32 Å². The number of carbonyl (C=O) groups is 2. The van der Waals surface area contributed by atoms with Gasteiger partial charge in [-0.2, -0.15) is 0 Å². The Balaban J connectivity index is 2.24. The largest absolute Gasteiger partial charge is 0.464 e. The molecule has 0 aliphatic heterocycles. The molecule has 0 aliphatic rings. The van der Waals surface area contributed by atoms with E-state index in [1.54, 1.807) is 6.92 Å². The summed E-state index contributed by atoms with van der Waals surface area (Å²) in [6, 6.07) is 4.98. The number of aromatic nitrogens is 1. The maximum Gasteiger partial charge on any atom is 0.416 e. The first-order valence-electron chi connectivity index (χ1n) is 7.82. The fourth-order valence-electron chi connectivity index (χ4n) is 2.50. The van der Waals surface area contributed by atoms with Crippen molar-refractivity contribution in [3.8, 4) is 0 Å². The quantitative estimate of drug-likeness (QED) is 0.343. The zero-order chi connectivity index (χ0) is 20.4. The molecule has 28 heavy (non-hydrogen) atoms. The minimum atomic E-state index is -1.40. The Hall–Kier alpha value is -2.60. The molecular formula is C17H12ClFIN3O5. The zero-order valence-corrected chi connectivity index (χ0v) is 17.1. The molecule has 2 amide bonds. The van der Waals surface area contributed by atoms with Crippen molar-refractivity contribution in [2.24, 2.45) is 0 Å². The number of nitrogens with zero attached hydrogens (tertiary/aromatic N) is 2. The first-order chi connectivity index (χ1) is 13.3. The first-order valence-corrected chi connectivity index (χ1v) is 9.28. The van der Waals surface area contributed by atoms with Gasteiger partial charge in [-0.05, 0) is 53.8 Å². The molecule has 2 heterocycles. The van der Waals surface area contributed by atoms with Crippen molar-refractivity contribution in [1.29, 1.82) is 0 Å². The van der Waals surface area contributed by atoms with Crippen molar-refractivity contribution in [3.63, 3.8) is 0 Å². The Labute approximate surface area is 176 Å². The molecule has 0 unspecified atom stereocenters. The lowest BCUT2D eigenvalue weighted by Crippen LogP contribution is -2.25. The minimum absolute atomic E-state index is 0.0125. The summed E-state index contributed by atoms with van der Waals surface area (Å²) in [5.74, 6) is -0.862. The van der Waals surface area contributed by atoms with Crippen LogP contribution in [0.2, 0.25) is 5.02 Å². The molecule has 0 aliphatic carbocycles. The molecule has 0 saturated heterocycles. The summed E-state index contributed by atoms with van der Waals surface area (Å²) >= 11 is 7.73. The molecule has 0 spiro atoms. The van der Waals surface area contributed by atoms with E-state index in [4.69, 9.17) is 20.8 Å². The summed E-state index contributed by atoms with van der Waals surface area (Å²) in [4.78, 5) is 28.9. The summed E-state index contributed by atoms with van der Waals surface area (Å²) in [5, 5.41) is 12.3. The van der Waals surface area contributed by atoms with E-state index in [0.717, 1.165) is 17.0 Å². The molecule has 0 radical (unpaired) electrons. The Morgan fingerprint density at radius 3 is 2.82 bits per heavy atom. The second-order valence-electron chi connectivity index (χ2n) is 5.32. The van der Waals surface area contributed by atoms with Crippen LogP contribution in [0.5, 0.6) is 0 Å². The molecule has 146 valence electrons. The van der Waals surface area contributed by atoms with Gasteiger partial charge in [0.2, 0.25) is 5.88 Å². The van der Waals surface area contributed by atoms with E-state index >= 15 is 0 Å². The molecule has 0 saturated carbocycles. The molecule has 1 aromatic carbocycles.